The molecule has 0 spiro atoms. The maximum absolute atomic E-state index is 12.2. The van der Waals surface area contributed by atoms with Crippen LogP contribution in [0.4, 0.5) is 14.5 Å². The minimum Gasteiger partial charge on any atom is -0.435 e. The number of nitrogens with two attached hydrogens (primary N) is 1. The molecule has 0 saturated heterocycles. The normalized spacial score (nSPS) is 12.4. The number of aliphatic hydroxyl groups is 1. The van der Waals surface area contributed by atoms with Gasteiger partial charge in [-0.2, -0.15) is 8.78 Å². The Morgan fingerprint density at radius 1 is 1.24 bits per heavy atom. The first-order chi connectivity index (χ1) is 11.4. The second-order valence-corrected chi connectivity index (χ2v) is 5.18. The largest absolute Gasteiger partial charge is 0.435 e. The van der Waals surface area contributed by atoms with E-state index in [1.807, 2.05) is 31.2 Å². The van der Waals surface area contributed by atoms with E-state index in [0.29, 0.717) is 5.56 Å². The van der Waals surface area contributed by atoms with E-state index in [-0.39, 0.29) is 42.2 Å². The predicted molar refractivity (Wildman–Crippen MR) is 105 cm³/mol. The Balaban J connectivity index is 0.00000312. The number of ether oxygens (including phenoxy) is 1. The maximum Gasteiger partial charge on any atom is 0.387 e. The van der Waals surface area contributed by atoms with Crippen LogP contribution in [0.3, 0.4) is 0 Å². The molecular weight excluding hydrogens is 443 g/mol. The van der Waals surface area contributed by atoms with E-state index in [1.165, 1.54) is 18.2 Å². The van der Waals surface area contributed by atoms with Crippen LogP contribution in [0.15, 0.2) is 53.5 Å². The number of hydrogen-bond acceptors (Lipinski definition) is 3. The lowest BCUT2D eigenvalue weighted by Crippen LogP contribution is -2.23. The van der Waals surface area contributed by atoms with Crippen LogP contribution in [0, 0.1) is 6.92 Å². The Morgan fingerprint density at radius 2 is 1.92 bits per heavy atom. The van der Waals surface area contributed by atoms with Crippen molar-refractivity contribution in [2.75, 3.05) is 11.9 Å². The fraction of sp³-hybridized carbons (Fsp3) is 0.235. The van der Waals surface area contributed by atoms with Crippen molar-refractivity contribution < 1.29 is 18.6 Å². The molecule has 0 aliphatic rings. The van der Waals surface area contributed by atoms with Gasteiger partial charge in [0.1, 0.15) is 5.75 Å². The molecule has 1 unspecified atom stereocenters. The van der Waals surface area contributed by atoms with Crippen LogP contribution in [0.2, 0.25) is 0 Å². The maximum atomic E-state index is 12.2. The van der Waals surface area contributed by atoms with Crippen LogP contribution < -0.4 is 15.8 Å². The molecule has 1 atom stereocenters. The number of hydrogen-bond donors (Lipinski definition) is 3. The fourth-order valence-electron chi connectivity index (χ4n) is 2.01. The zero-order chi connectivity index (χ0) is 17.5. The third kappa shape index (κ3) is 7.22. The molecule has 2 rings (SSSR count). The van der Waals surface area contributed by atoms with Crippen LogP contribution >= 0.6 is 24.0 Å². The van der Waals surface area contributed by atoms with E-state index in [4.69, 9.17) is 5.73 Å². The molecule has 0 aromatic heterocycles. The molecule has 0 fully saturated rings. The standard InChI is InChI=1S/C17H19F2N3O2.HI/c1-11-5-7-13(8-6-11)22-17(20)21-10-15(23)12-3-2-4-14(9-12)24-16(18)19;/h2-9,15-16,23H,10H2,1H3,(H3,20,21,22);1H. The third-order valence-corrected chi connectivity index (χ3v) is 3.23. The van der Waals surface area contributed by atoms with Crippen molar-refractivity contribution >= 4 is 35.6 Å². The number of nitrogens with one attached hydrogen (secondary N) is 1. The van der Waals surface area contributed by atoms with Crippen molar-refractivity contribution in [3.63, 3.8) is 0 Å². The number of alkyl halides is 2. The van der Waals surface area contributed by atoms with Gasteiger partial charge in [0, 0.05) is 5.69 Å². The molecule has 5 nitrogen and oxygen atoms in total. The van der Waals surface area contributed by atoms with Crippen molar-refractivity contribution in [2.45, 2.75) is 19.6 Å². The Bertz CT molecular complexity index is 697. The molecule has 0 aliphatic carbocycles. The lowest BCUT2D eigenvalue weighted by atomic mass is 10.1. The average molecular weight is 463 g/mol. The van der Waals surface area contributed by atoms with E-state index in [1.54, 1.807) is 6.07 Å². The van der Waals surface area contributed by atoms with Crippen LogP contribution in [0.5, 0.6) is 5.75 Å². The topological polar surface area (TPSA) is 79.9 Å². The quantitative estimate of drug-likeness (QED) is 0.347. The molecule has 2 aromatic carbocycles. The average Bonchev–Trinajstić information content (AvgIpc) is 2.54. The van der Waals surface area contributed by atoms with Gasteiger partial charge in [0.25, 0.3) is 0 Å². The lowest BCUT2D eigenvalue weighted by Gasteiger charge is -2.12. The Hall–Kier alpha value is -1.94. The van der Waals surface area contributed by atoms with Crippen molar-refractivity contribution in [3.05, 3.63) is 59.7 Å². The van der Waals surface area contributed by atoms with Gasteiger partial charge in [-0.15, -0.1) is 24.0 Å². The molecule has 136 valence electrons. The molecule has 0 saturated carbocycles. The van der Waals surface area contributed by atoms with Crippen molar-refractivity contribution in [1.82, 2.24) is 0 Å². The zero-order valence-electron chi connectivity index (χ0n) is 13.5. The number of aliphatic hydroxyl groups excluding tert-OH is 1. The summed E-state index contributed by atoms with van der Waals surface area (Å²) in [6.07, 6.45) is -0.982. The summed E-state index contributed by atoms with van der Waals surface area (Å²) in [6, 6.07) is 13.4. The van der Waals surface area contributed by atoms with Crippen molar-refractivity contribution in [3.8, 4) is 5.75 Å². The number of nitrogens with zero attached hydrogens (tertiary/aromatic N) is 1. The number of rotatable bonds is 6. The summed E-state index contributed by atoms with van der Waals surface area (Å²) in [6.45, 7) is -0.948. The van der Waals surface area contributed by atoms with E-state index >= 15 is 0 Å². The SMILES string of the molecule is Cc1ccc(NC(N)=NCC(O)c2cccc(OC(F)F)c2)cc1.I. The van der Waals surface area contributed by atoms with E-state index < -0.39 is 12.7 Å². The molecule has 2 aromatic rings. The summed E-state index contributed by atoms with van der Waals surface area (Å²) in [5, 5.41) is 13.0. The smallest absolute Gasteiger partial charge is 0.387 e. The van der Waals surface area contributed by atoms with Gasteiger partial charge in [0.2, 0.25) is 0 Å². The minimum absolute atomic E-state index is 0. The van der Waals surface area contributed by atoms with Gasteiger partial charge in [-0.05, 0) is 36.8 Å². The van der Waals surface area contributed by atoms with Crippen molar-refractivity contribution in [1.29, 1.82) is 0 Å². The first-order valence-corrected chi connectivity index (χ1v) is 7.30. The lowest BCUT2D eigenvalue weighted by molar-refractivity contribution is -0.0499. The van der Waals surface area contributed by atoms with Gasteiger partial charge in [-0.25, -0.2) is 0 Å². The van der Waals surface area contributed by atoms with E-state index in [9.17, 15) is 13.9 Å². The monoisotopic (exact) mass is 463 g/mol. The zero-order valence-corrected chi connectivity index (χ0v) is 15.9. The number of aliphatic imine (C=N–C) groups is 1. The second-order valence-electron chi connectivity index (χ2n) is 5.18. The summed E-state index contributed by atoms with van der Waals surface area (Å²) in [5.41, 5.74) is 8.09. The first kappa shape index (κ1) is 21.1. The molecular formula is C17H20F2IN3O2. The van der Waals surface area contributed by atoms with Crippen LogP contribution in [0.25, 0.3) is 0 Å². The predicted octanol–water partition coefficient (Wildman–Crippen LogP) is 3.67. The number of guanidine groups is 1. The Kier molecular flexibility index (Phi) is 8.56. The highest BCUT2D eigenvalue weighted by molar-refractivity contribution is 14.0. The minimum atomic E-state index is -2.91. The Morgan fingerprint density at radius 3 is 2.56 bits per heavy atom. The summed E-state index contributed by atoms with van der Waals surface area (Å²) in [5.74, 6) is 0.133. The van der Waals surface area contributed by atoms with Gasteiger partial charge < -0.3 is 20.9 Å². The molecule has 4 N–H and O–H groups in total. The molecule has 0 radical (unpaired) electrons. The number of aryl methyl sites for hydroxylation is 1. The molecule has 0 amide bonds. The number of anilines is 1. The van der Waals surface area contributed by atoms with Gasteiger partial charge in [0.15, 0.2) is 5.96 Å². The highest BCUT2D eigenvalue weighted by Crippen LogP contribution is 2.21. The molecule has 8 heteroatoms. The Labute approximate surface area is 161 Å². The highest BCUT2D eigenvalue weighted by atomic mass is 127. The summed E-state index contributed by atoms with van der Waals surface area (Å²) in [7, 11) is 0. The molecule has 0 heterocycles. The molecule has 0 bridgehead atoms. The molecule has 0 aliphatic heterocycles. The first-order valence-electron chi connectivity index (χ1n) is 7.30. The number of halogens is 3. The van der Waals surface area contributed by atoms with Crippen LogP contribution in [0.1, 0.15) is 17.2 Å². The van der Waals surface area contributed by atoms with Gasteiger partial charge >= 0.3 is 6.61 Å². The van der Waals surface area contributed by atoms with Gasteiger partial charge in [-0.1, -0.05) is 29.8 Å². The molecule has 25 heavy (non-hydrogen) atoms. The van der Waals surface area contributed by atoms with Crippen LogP contribution in [-0.4, -0.2) is 24.2 Å². The summed E-state index contributed by atoms with van der Waals surface area (Å²) >= 11 is 0. The fourth-order valence-corrected chi connectivity index (χ4v) is 2.01. The second kappa shape index (κ2) is 10.1. The van der Waals surface area contributed by atoms with Crippen LogP contribution in [-0.2, 0) is 0 Å². The van der Waals surface area contributed by atoms with Crippen molar-refractivity contribution in [2.24, 2.45) is 10.7 Å². The van der Waals surface area contributed by atoms with Gasteiger partial charge in [0.05, 0.1) is 12.6 Å². The van der Waals surface area contributed by atoms with E-state index in [2.05, 4.69) is 15.0 Å². The third-order valence-electron chi connectivity index (χ3n) is 3.23. The highest BCUT2D eigenvalue weighted by Gasteiger charge is 2.10. The summed E-state index contributed by atoms with van der Waals surface area (Å²) < 4.78 is 28.7. The number of benzene rings is 2. The summed E-state index contributed by atoms with van der Waals surface area (Å²) in [4.78, 5) is 4.05. The van der Waals surface area contributed by atoms with Gasteiger partial charge in [-0.3, -0.25) is 4.99 Å². The van der Waals surface area contributed by atoms with E-state index in [0.717, 1.165) is 11.3 Å².